The first-order valence-corrected chi connectivity index (χ1v) is 12.3. The van der Waals surface area contributed by atoms with Crippen LogP contribution in [0.5, 0.6) is 0 Å². The summed E-state index contributed by atoms with van der Waals surface area (Å²) in [6.07, 6.45) is 0. The van der Waals surface area contributed by atoms with Crippen LogP contribution in [0.4, 0.5) is 5.13 Å². The number of carbonyl (C=O) groups is 3. The predicted octanol–water partition coefficient (Wildman–Crippen LogP) is -1.03. The summed E-state index contributed by atoms with van der Waals surface area (Å²) in [5.41, 5.74) is 9.04. The number of carbonyl (C=O) groups excluding carboxylic acids is 2. The second kappa shape index (κ2) is 9.64. The number of carboxylic acid groups (broad SMARTS) is 1. The van der Waals surface area contributed by atoms with E-state index in [1.807, 2.05) is 0 Å². The van der Waals surface area contributed by atoms with Gasteiger partial charge in [0.25, 0.3) is 5.91 Å². The molecule has 2 aromatic rings. The molecule has 4 heterocycles. The molecule has 0 radical (unpaired) electrons. The standard InChI is InChI=1S/C16H19N9O5S3/c1-24-16(20-22-23-24)33-4-6-3-31-13-9(12(27)25(13)10(6)14(28)29)19-11(26)8(21-30-2)7-5-32-15(17)18-7/h5,8-9,13,21H,3-4H2,1-2H3,(H2,17,18)(H,19,26)(H,28,29)/t8?,9?,13-/m0/s1. The zero-order valence-corrected chi connectivity index (χ0v) is 19.7. The van der Waals surface area contributed by atoms with Crippen LogP contribution in [0.2, 0.25) is 0 Å². The number of nitrogen functional groups attached to an aromatic ring is 1. The van der Waals surface area contributed by atoms with Gasteiger partial charge in [0.2, 0.25) is 11.1 Å². The van der Waals surface area contributed by atoms with Gasteiger partial charge >= 0.3 is 5.97 Å². The SMILES string of the molecule is CONC(C(=O)NC1C(=O)N2C(C(=O)O)=C(CSc3nnnn3C)CS[C@@H]12)c1csc(N)n1. The molecule has 0 saturated carbocycles. The fourth-order valence-corrected chi connectivity index (χ4v) is 6.25. The van der Waals surface area contributed by atoms with E-state index in [9.17, 15) is 19.5 Å². The first kappa shape index (κ1) is 23.4. The van der Waals surface area contributed by atoms with Crippen LogP contribution in [0, 0.1) is 0 Å². The highest BCUT2D eigenvalue weighted by atomic mass is 32.2. The number of nitrogens with one attached hydrogen (secondary N) is 2. The first-order chi connectivity index (χ1) is 15.8. The fraction of sp³-hybridized carbons (Fsp3) is 0.438. The number of aromatic nitrogens is 5. The molecule has 5 N–H and O–H groups in total. The van der Waals surface area contributed by atoms with Crippen LogP contribution in [0.25, 0.3) is 0 Å². The molecular weight excluding hydrogens is 494 g/mol. The number of amides is 2. The topological polar surface area (TPSA) is 190 Å². The number of β-lactam (4-membered cyclic amide) rings is 1. The number of aryl methyl sites for hydroxylation is 1. The number of tetrazole rings is 1. The van der Waals surface area contributed by atoms with Gasteiger partial charge in [-0.05, 0) is 16.0 Å². The Morgan fingerprint density at radius 3 is 2.88 bits per heavy atom. The molecule has 1 fully saturated rings. The normalized spacial score (nSPS) is 20.9. The van der Waals surface area contributed by atoms with E-state index < -0.39 is 35.2 Å². The third-order valence-corrected chi connectivity index (χ3v) is 7.97. The van der Waals surface area contributed by atoms with Crippen molar-refractivity contribution in [3.63, 3.8) is 0 Å². The molecule has 17 heteroatoms. The average molecular weight is 514 g/mol. The van der Waals surface area contributed by atoms with Crippen LogP contribution in [-0.2, 0) is 26.3 Å². The largest absolute Gasteiger partial charge is 0.477 e. The number of hydrogen-bond donors (Lipinski definition) is 4. The van der Waals surface area contributed by atoms with Gasteiger partial charge in [0.05, 0.1) is 12.8 Å². The van der Waals surface area contributed by atoms with Crippen molar-refractivity contribution in [1.29, 1.82) is 0 Å². The summed E-state index contributed by atoms with van der Waals surface area (Å²) in [6, 6.07) is -1.87. The Morgan fingerprint density at radius 2 is 2.27 bits per heavy atom. The zero-order chi connectivity index (χ0) is 23.7. The van der Waals surface area contributed by atoms with Crippen molar-refractivity contribution < 1.29 is 24.3 Å². The van der Waals surface area contributed by atoms with Gasteiger partial charge < -0.3 is 21.0 Å². The van der Waals surface area contributed by atoms with Gasteiger partial charge in [0.15, 0.2) is 11.2 Å². The summed E-state index contributed by atoms with van der Waals surface area (Å²) in [5.74, 6) is -1.57. The van der Waals surface area contributed by atoms with Gasteiger partial charge in [-0.15, -0.1) is 28.2 Å². The number of rotatable bonds is 9. The molecule has 14 nitrogen and oxygen atoms in total. The Labute approximate surface area is 199 Å². The maximum atomic E-state index is 12.9. The number of fused-ring (bicyclic) bond motifs is 1. The van der Waals surface area contributed by atoms with E-state index in [1.165, 1.54) is 51.6 Å². The lowest BCUT2D eigenvalue weighted by Gasteiger charge is -2.49. The molecule has 0 bridgehead atoms. The molecule has 0 aromatic carbocycles. The lowest BCUT2D eigenvalue weighted by atomic mass is 10.0. The average Bonchev–Trinajstić information content (AvgIpc) is 3.40. The molecule has 2 amide bonds. The summed E-state index contributed by atoms with van der Waals surface area (Å²) in [6.45, 7) is 0. The number of nitrogens with two attached hydrogens (primary N) is 1. The maximum Gasteiger partial charge on any atom is 0.352 e. The Morgan fingerprint density at radius 1 is 1.48 bits per heavy atom. The van der Waals surface area contributed by atoms with Gasteiger partial charge in [-0.1, -0.05) is 11.8 Å². The van der Waals surface area contributed by atoms with E-state index in [-0.39, 0.29) is 10.8 Å². The molecule has 1 saturated heterocycles. The van der Waals surface area contributed by atoms with Gasteiger partial charge in [-0.25, -0.2) is 14.5 Å². The van der Waals surface area contributed by atoms with Crippen molar-refractivity contribution in [2.24, 2.45) is 7.05 Å². The van der Waals surface area contributed by atoms with E-state index in [0.717, 1.165) is 0 Å². The molecule has 176 valence electrons. The monoisotopic (exact) mass is 513 g/mol. The number of hydroxylamine groups is 1. The number of nitrogens with zero attached hydrogens (tertiary/aromatic N) is 6. The van der Waals surface area contributed by atoms with Gasteiger partial charge in [0.1, 0.15) is 17.1 Å². The first-order valence-electron chi connectivity index (χ1n) is 9.36. The molecule has 3 atom stereocenters. The van der Waals surface area contributed by atoms with Crippen LogP contribution in [0.3, 0.4) is 0 Å². The predicted molar refractivity (Wildman–Crippen MR) is 119 cm³/mol. The minimum atomic E-state index is -1.21. The molecule has 2 aliphatic heterocycles. The van der Waals surface area contributed by atoms with E-state index in [1.54, 1.807) is 12.4 Å². The van der Waals surface area contributed by atoms with Gasteiger partial charge in [0, 0.05) is 23.9 Å². The lowest BCUT2D eigenvalue weighted by Crippen LogP contribution is -2.71. The number of aliphatic carboxylic acids is 1. The van der Waals surface area contributed by atoms with Crippen molar-refractivity contribution in [3.05, 3.63) is 22.3 Å². The van der Waals surface area contributed by atoms with Crippen LogP contribution in [0.15, 0.2) is 21.8 Å². The van der Waals surface area contributed by atoms with Crippen molar-refractivity contribution >= 4 is 57.8 Å². The minimum absolute atomic E-state index is 0.0734. The van der Waals surface area contributed by atoms with Gasteiger partial charge in [-0.2, -0.15) is 5.48 Å². The van der Waals surface area contributed by atoms with Crippen molar-refractivity contribution in [2.45, 2.75) is 22.6 Å². The van der Waals surface area contributed by atoms with Crippen LogP contribution in [-0.4, -0.2) is 83.0 Å². The molecule has 33 heavy (non-hydrogen) atoms. The van der Waals surface area contributed by atoms with Crippen molar-refractivity contribution in [1.82, 2.24) is 40.9 Å². The molecule has 0 aliphatic carbocycles. The third-order valence-electron chi connectivity index (χ3n) is 4.84. The summed E-state index contributed by atoms with van der Waals surface area (Å²) >= 11 is 3.82. The van der Waals surface area contributed by atoms with E-state index in [2.05, 4.69) is 31.3 Å². The quantitative estimate of drug-likeness (QED) is 0.181. The molecule has 2 aliphatic rings. The highest BCUT2D eigenvalue weighted by Crippen LogP contribution is 2.41. The second-order valence-electron chi connectivity index (χ2n) is 6.89. The fourth-order valence-electron chi connectivity index (χ4n) is 3.33. The number of anilines is 1. The van der Waals surface area contributed by atoms with E-state index >= 15 is 0 Å². The van der Waals surface area contributed by atoms with E-state index in [4.69, 9.17) is 10.6 Å². The van der Waals surface area contributed by atoms with Crippen LogP contribution in [0.1, 0.15) is 11.7 Å². The zero-order valence-electron chi connectivity index (χ0n) is 17.3. The number of thiazole rings is 1. The Balaban J connectivity index is 1.47. The Kier molecular flexibility index (Phi) is 6.84. The van der Waals surface area contributed by atoms with Crippen molar-refractivity contribution in [3.8, 4) is 0 Å². The Hall–Kier alpha value is -2.73. The van der Waals surface area contributed by atoms with Crippen molar-refractivity contribution in [2.75, 3.05) is 24.3 Å². The second-order valence-corrected chi connectivity index (χ2v) is 9.83. The number of hydrogen-bond acceptors (Lipinski definition) is 13. The maximum absolute atomic E-state index is 12.9. The molecular formula is C16H19N9O5S3. The summed E-state index contributed by atoms with van der Waals surface area (Å²) in [7, 11) is 3.03. The number of thioether (sulfide) groups is 2. The highest BCUT2D eigenvalue weighted by Gasteiger charge is 2.54. The minimum Gasteiger partial charge on any atom is -0.477 e. The molecule has 4 rings (SSSR count). The molecule has 2 aromatic heterocycles. The summed E-state index contributed by atoms with van der Waals surface area (Å²) < 4.78 is 1.48. The molecule has 0 spiro atoms. The van der Waals surface area contributed by atoms with Crippen LogP contribution < -0.4 is 16.5 Å². The summed E-state index contributed by atoms with van der Waals surface area (Å²) in [4.78, 5) is 47.9. The lowest BCUT2D eigenvalue weighted by molar-refractivity contribution is -0.151. The Bertz CT molecular complexity index is 1120. The van der Waals surface area contributed by atoms with Crippen LogP contribution >= 0.6 is 34.9 Å². The third kappa shape index (κ3) is 4.54. The smallest absolute Gasteiger partial charge is 0.352 e. The summed E-state index contributed by atoms with van der Waals surface area (Å²) in [5, 5.41) is 25.5. The van der Waals surface area contributed by atoms with Gasteiger partial charge in [-0.3, -0.25) is 14.5 Å². The highest BCUT2D eigenvalue weighted by molar-refractivity contribution is 8.01. The molecule has 2 unspecified atom stereocenters. The number of carboxylic acids is 1. The van der Waals surface area contributed by atoms with E-state index in [0.29, 0.717) is 27.9 Å².